The van der Waals surface area contributed by atoms with Crippen LogP contribution in [0.25, 0.3) is 0 Å². The second-order valence-electron chi connectivity index (χ2n) is 3.63. The summed E-state index contributed by atoms with van der Waals surface area (Å²) < 4.78 is 6.88. The number of ether oxygens (including phenoxy) is 1. The zero-order chi connectivity index (χ0) is 13.5. The Labute approximate surface area is 119 Å². The van der Waals surface area contributed by atoms with E-state index in [2.05, 4.69) is 16.9 Å². The van der Waals surface area contributed by atoms with Gasteiger partial charge in [-0.3, -0.25) is 10.2 Å². The number of nitrogens with two attached hydrogens (primary N) is 1. The van der Waals surface area contributed by atoms with Crippen molar-refractivity contribution in [1.29, 1.82) is 0 Å². The van der Waals surface area contributed by atoms with Gasteiger partial charge < -0.3 is 4.74 Å². The third-order valence-electron chi connectivity index (χ3n) is 2.34. The van der Waals surface area contributed by atoms with Crippen molar-refractivity contribution in [1.82, 2.24) is 5.43 Å². The highest BCUT2D eigenvalue weighted by Gasteiger charge is 2.03. The molecule has 0 bridgehead atoms. The number of hydrogen-bond donors (Lipinski definition) is 2. The molecule has 0 saturated heterocycles. The van der Waals surface area contributed by atoms with Gasteiger partial charge in [-0.1, -0.05) is 6.07 Å². The Bertz CT molecular complexity index is 512. The van der Waals surface area contributed by atoms with E-state index in [0.717, 1.165) is 11.5 Å². The summed E-state index contributed by atoms with van der Waals surface area (Å²) in [5.74, 6) is 6.39. The van der Waals surface area contributed by atoms with E-state index < -0.39 is 0 Å². The first-order valence-electron chi connectivity index (χ1n) is 5.69. The van der Waals surface area contributed by atoms with Crippen LogP contribution in [-0.4, -0.2) is 18.3 Å². The van der Waals surface area contributed by atoms with Crippen molar-refractivity contribution >= 4 is 29.0 Å². The van der Waals surface area contributed by atoms with E-state index in [-0.39, 0.29) is 5.91 Å². The summed E-state index contributed by atoms with van der Waals surface area (Å²) in [6.07, 6.45) is 0. The number of hydrazine groups is 1. The maximum atomic E-state index is 11.2. The molecule has 100 valence electrons. The fourth-order valence-corrected chi connectivity index (χ4v) is 3.11. The minimum absolute atomic E-state index is 0.306. The number of carbonyl (C=O) groups is 1. The van der Waals surface area contributed by atoms with Crippen molar-refractivity contribution in [3.8, 4) is 5.75 Å². The molecule has 1 heterocycles. The van der Waals surface area contributed by atoms with E-state index in [9.17, 15) is 4.79 Å². The number of nitrogens with one attached hydrogen (secondary N) is 1. The minimum atomic E-state index is -0.306. The van der Waals surface area contributed by atoms with Crippen LogP contribution in [-0.2, 0) is 0 Å². The van der Waals surface area contributed by atoms with Crippen LogP contribution in [0.1, 0.15) is 10.4 Å². The second-order valence-corrected chi connectivity index (χ2v) is 5.97. The fraction of sp³-hybridized carbons (Fsp3) is 0.154. The monoisotopic (exact) mass is 294 g/mol. The van der Waals surface area contributed by atoms with E-state index in [1.165, 1.54) is 4.21 Å². The third-order valence-corrected chi connectivity index (χ3v) is 4.43. The SMILES string of the molecule is NNC(=O)c1ccc(OCCSc2cccs2)cc1. The quantitative estimate of drug-likeness (QED) is 0.282. The van der Waals surface area contributed by atoms with Crippen LogP contribution in [0.2, 0.25) is 0 Å². The van der Waals surface area contributed by atoms with Gasteiger partial charge in [-0.2, -0.15) is 0 Å². The first-order chi connectivity index (χ1) is 9.29. The van der Waals surface area contributed by atoms with E-state index in [1.807, 2.05) is 6.07 Å². The topological polar surface area (TPSA) is 64.3 Å². The smallest absolute Gasteiger partial charge is 0.265 e. The molecule has 0 fully saturated rings. The average Bonchev–Trinajstić information content (AvgIpc) is 2.96. The molecule has 0 spiro atoms. The van der Waals surface area contributed by atoms with Crippen LogP contribution >= 0.6 is 23.1 Å². The number of hydrogen-bond acceptors (Lipinski definition) is 5. The Morgan fingerprint density at radius 2 is 2.11 bits per heavy atom. The van der Waals surface area contributed by atoms with Crippen LogP contribution < -0.4 is 16.0 Å². The molecule has 1 aromatic heterocycles. The maximum Gasteiger partial charge on any atom is 0.265 e. The highest BCUT2D eigenvalue weighted by Crippen LogP contribution is 2.23. The molecule has 2 rings (SSSR count). The lowest BCUT2D eigenvalue weighted by molar-refractivity contribution is 0.0953. The predicted octanol–water partition coefficient (Wildman–Crippen LogP) is 2.52. The number of nitrogen functional groups attached to an aromatic ring is 1. The van der Waals surface area contributed by atoms with Gasteiger partial charge in [0.2, 0.25) is 0 Å². The average molecular weight is 294 g/mol. The van der Waals surface area contributed by atoms with Crippen molar-refractivity contribution in [2.75, 3.05) is 12.4 Å². The molecule has 0 aliphatic heterocycles. The Kier molecular flexibility index (Phi) is 5.26. The Balaban J connectivity index is 1.75. The van der Waals surface area contributed by atoms with Gasteiger partial charge in [0.1, 0.15) is 5.75 Å². The van der Waals surface area contributed by atoms with E-state index in [1.54, 1.807) is 47.4 Å². The molecular weight excluding hydrogens is 280 g/mol. The lowest BCUT2D eigenvalue weighted by Crippen LogP contribution is -2.29. The zero-order valence-corrected chi connectivity index (χ0v) is 11.8. The number of thiophene rings is 1. The molecule has 2 aromatic rings. The molecule has 0 unspecified atom stereocenters. The number of carbonyl (C=O) groups excluding carboxylic acids is 1. The minimum Gasteiger partial charge on any atom is -0.493 e. The van der Waals surface area contributed by atoms with Crippen LogP contribution in [0.4, 0.5) is 0 Å². The van der Waals surface area contributed by atoms with Gasteiger partial charge in [-0.15, -0.1) is 23.1 Å². The van der Waals surface area contributed by atoms with Crippen LogP contribution in [0.5, 0.6) is 5.75 Å². The van der Waals surface area contributed by atoms with Crippen LogP contribution in [0.3, 0.4) is 0 Å². The summed E-state index contributed by atoms with van der Waals surface area (Å²) in [5, 5.41) is 2.06. The van der Waals surface area contributed by atoms with Gasteiger partial charge in [0.15, 0.2) is 0 Å². The molecule has 0 saturated carbocycles. The molecule has 6 heteroatoms. The summed E-state index contributed by atoms with van der Waals surface area (Å²) in [5.41, 5.74) is 2.60. The summed E-state index contributed by atoms with van der Waals surface area (Å²) in [6.45, 7) is 0.630. The van der Waals surface area contributed by atoms with Crippen molar-refractivity contribution in [2.24, 2.45) is 5.84 Å². The molecule has 0 aliphatic carbocycles. The Hall–Kier alpha value is -1.50. The largest absolute Gasteiger partial charge is 0.493 e. The second kappa shape index (κ2) is 7.18. The molecule has 0 atom stereocenters. The van der Waals surface area contributed by atoms with E-state index in [4.69, 9.17) is 10.6 Å². The van der Waals surface area contributed by atoms with Gasteiger partial charge in [-0.25, -0.2) is 5.84 Å². The summed E-state index contributed by atoms with van der Waals surface area (Å²) >= 11 is 3.50. The van der Waals surface area contributed by atoms with Crippen molar-refractivity contribution < 1.29 is 9.53 Å². The first-order valence-corrected chi connectivity index (χ1v) is 7.56. The molecule has 4 nitrogen and oxygen atoms in total. The predicted molar refractivity (Wildman–Crippen MR) is 78.6 cm³/mol. The molecular formula is C13H14N2O2S2. The molecule has 1 aromatic carbocycles. The van der Waals surface area contributed by atoms with Gasteiger partial charge in [0.25, 0.3) is 5.91 Å². The maximum absolute atomic E-state index is 11.2. The highest BCUT2D eigenvalue weighted by molar-refractivity contribution is 8.01. The molecule has 19 heavy (non-hydrogen) atoms. The summed E-state index contributed by atoms with van der Waals surface area (Å²) in [7, 11) is 0. The van der Waals surface area contributed by atoms with Crippen LogP contribution in [0, 0.1) is 0 Å². The number of amides is 1. The molecule has 0 radical (unpaired) electrons. The third kappa shape index (κ3) is 4.27. The normalized spacial score (nSPS) is 10.2. The fourth-order valence-electron chi connectivity index (χ4n) is 1.43. The number of benzene rings is 1. The van der Waals surface area contributed by atoms with Gasteiger partial charge in [0.05, 0.1) is 10.8 Å². The Morgan fingerprint density at radius 3 is 2.74 bits per heavy atom. The highest BCUT2D eigenvalue weighted by atomic mass is 32.2. The van der Waals surface area contributed by atoms with Crippen molar-refractivity contribution in [3.05, 3.63) is 47.3 Å². The van der Waals surface area contributed by atoms with Gasteiger partial charge >= 0.3 is 0 Å². The lowest BCUT2D eigenvalue weighted by atomic mass is 10.2. The molecule has 3 N–H and O–H groups in total. The zero-order valence-electron chi connectivity index (χ0n) is 10.2. The van der Waals surface area contributed by atoms with Crippen molar-refractivity contribution in [3.63, 3.8) is 0 Å². The lowest BCUT2D eigenvalue weighted by Gasteiger charge is -2.06. The van der Waals surface area contributed by atoms with E-state index >= 15 is 0 Å². The number of thioether (sulfide) groups is 1. The van der Waals surface area contributed by atoms with E-state index in [0.29, 0.717) is 12.2 Å². The van der Waals surface area contributed by atoms with Gasteiger partial charge in [0, 0.05) is 11.3 Å². The molecule has 1 amide bonds. The standard InChI is InChI=1S/C13H14N2O2S2/c14-15-13(16)10-3-5-11(6-4-10)17-7-9-19-12-2-1-8-18-12/h1-6,8H,7,9,14H2,(H,15,16). The first kappa shape index (κ1) is 13.9. The number of rotatable bonds is 6. The van der Waals surface area contributed by atoms with Crippen LogP contribution in [0.15, 0.2) is 46.0 Å². The van der Waals surface area contributed by atoms with Gasteiger partial charge in [-0.05, 0) is 35.7 Å². The summed E-state index contributed by atoms with van der Waals surface area (Å²) in [4.78, 5) is 11.2. The summed E-state index contributed by atoms with van der Waals surface area (Å²) in [6, 6.07) is 11.0. The Morgan fingerprint density at radius 1 is 1.32 bits per heavy atom. The van der Waals surface area contributed by atoms with Crippen molar-refractivity contribution in [2.45, 2.75) is 4.21 Å². The molecule has 0 aliphatic rings.